The summed E-state index contributed by atoms with van der Waals surface area (Å²) in [5, 5.41) is 6.85. The first kappa shape index (κ1) is 30.5. The van der Waals surface area contributed by atoms with Gasteiger partial charge in [0.1, 0.15) is 0 Å². The van der Waals surface area contributed by atoms with Crippen molar-refractivity contribution >= 4 is 65.4 Å². The van der Waals surface area contributed by atoms with Crippen molar-refractivity contribution in [2.45, 2.75) is 0 Å². The molecular weight excluding hydrogens is 767 g/mol. The summed E-state index contributed by atoms with van der Waals surface area (Å²) in [6, 6.07) is 65.0. The van der Waals surface area contributed by atoms with Crippen LogP contribution in [0.4, 0.5) is 0 Å². The van der Waals surface area contributed by atoms with Crippen LogP contribution in [0.25, 0.3) is 116 Å². The van der Waals surface area contributed by atoms with Gasteiger partial charge < -0.3 is 13.7 Å². The number of para-hydroxylation sites is 6. The van der Waals surface area contributed by atoms with Crippen molar-refractivity contribution in [3.8, 4) is 51.0 Å². The molecule has 0 amide bonds. The fourth-order valence-corrected chi connectivity index (χ4v) is 9.60. The standard InChI is InChI=1S/C58H37N5/c1-2-16-39(17-3-1)58-59-50(38-30-32-41(33-31-38)61-52-24-10-4-18-44(52)45-19-5-11-25-53(45)61)37-51(60-58)40-34-42(62-54-26-12-6-20-46(54)47-21-7-13-27-55(47)62)36-43(35-40)63-56-28-14-8-22-48(56)49-23-9-15-29-57(49)63/h1-37H/i1D,2D,3D,16D,17D. The van der Waals surface area contributed by atoms with Gasteiger partial charge in [0.25, 0.3) is 0 Å². The molecule has 294 valence electrons. The normalized spacial score (nSPS) is 12.9. The highest BCUT2D eigenvalue weighted by atomic mass is 15.0. The van der Waals surface area contributed by atoms with Crippen LogP contribution in [0.2, 0.25) is 0 Å². The van der Waals surface area contributed by atoms with Crippen LogP contribution in [-0.2, 0) is 0 Å². The molecule has 13 rings (SSSR count). The highest BCUT2D eigenvalue weighted by Gasteiger charge is 2.19. The van der Waals surface area contributed by atoms with E-state index in [2.05, 4.69) is 190 Å². The quantitative estimate of drug-likeness (QED) is 0.168. The topological polar surface area (TPSA) is 40.6 Å². The Labute approximate surface area is 370 Å². The Balaban J connectivity index is 1.08. The molecule has 0 spiro atoms. The molecule has 0 aliphatic heterocycles. The molecule has 13 aromatic rings. The zero-order valence-electron chi connectivity index (χ0n) is 38.7. The van der Waals surface area contributed by atoms with Crippen molar-refractivity contribution in [3.05, 3.63) is 224 Å². The van der Waals surface area contributed by atoms with Gasteiger partial charge >= 0.3 is 0 Å². The number of rotatable bonds is 6. The first-order valence-corrected chi connectivity index (χ1v) is 21.0. The lowest BCUT2D eigenvalue weighted by atomic mass is 10.0. The molecule has 9 aromatic carbocycles. The van der Waals surface area contributed by atoms with Gasteiger partial charge in [-0.15, -0.1) is 0 Å². The Morgan fingerprint density at radius 3 is 1.05 bits per heavy atom. The van der Waals surface area contributed by atoms with Gasteiger partial charge in [-0.1, -0.05) is 152 Å². The molecule has 0 N–H and O–H groups in total. The van der Waals surface area contributed by atoms with E-state index in [9.17, 15) is 0 Å². The predicted molar refractivity (Wildman–Crippen MR) is 261 cm³/mol. The Morgan fingerprint density at radius 1 is 0.302 bits per heavy atom. The second-order valence-corrected chi connectivity index (χ2v) is 15.9. The second-order valence-electron chi connectivity index (χ2n) is 15.9. The van der Waals surface area contributed by atoms with Crippen LogP contribution in [-0.4, -0.2) is 23.7 Å². The Kier molecular flexibility index (Phi) is 6.78. The van der Waals surface area contributed by atoms with E-state index < -0.39 is 18.1 Å². The van der Waals surface area contributed by atoms with Crippen LogP contribution in [0, 0.1) is 0 Å². The number of aromatic nitrogens is 5. The molecule has 4 aromatic heterocycles. The molecule has 0 bridgehead atoms. The third kappa shape index (κ3) is 5.57. The second kappa shape index (κ2) is 14.0. The van der Waals surface area contributed by atoms with Crippen molar-refractivity contribution in [1.29, 1.82) is 0 Å². The van der Waals surface area contributed by atoms with Gasteiger partial charge in [-0.3, -0.25) is 0 Å². The molecule has 0 saturated carbocycles. The summed E-state index contributed by atoms with van der Waals surface area (Å²) in [6.45, 7) is 0. The van der Waals surface area contributed by atoms with Gasteiger partial charge in [-0.05, 0) is 72.8 Å². The van der Waals surface area contributed by atoms with Gasteiger partial charge in [0.2, 0.25) is 0 Å². The van der Waals surface area contributed by atoms with E-state index in [4.69, 9.17) is 16.8 Å². The van der Waals surface area contributed by atoms with Crippen LogP contribution < -0.4 is 0 Å². The molecule has 5 heteroatoms. The fraction of sp³-hybridized carbons (Fsp3) is 0. The number of hydrogen-bond acceptors (Lipinski definition) is 2. The summed E-state index contributed by atoms with van der Waals surface area (Å²) in [6.07, 6.45) is 0. The van der Waals surface area contributed by atoms with Gasteiger partial charge in [0.05, 0.1) is 51.3 Å². The molecule has 4 heterocycles. The van der Waals surface area contributed by atoms with E-state index in [-0.39, 0.29) is 23.5 Å². The minimum Gasteiger partial charge on any atom is -0.309 e. The van der Waals surface area contributed by atoms with E-state index in [1.807, 2.05) is 18.2 Å². The third-order valence-electron chi connectivity index (χ3n) is 12.3. The Bertz CT molecular complexity index is 3900. The average molecular weight is 809 g/mol. The first-order chi connectivity index (χ1) is 33.3. The van der Waals surface area contributed by atoms with E-state index in [1.165, 1.54) is 10.8 Å². The molecule has 63 heavy (non-hydrogen) atoms. The van der Waals surface area contributed by atoms with Gasteiger partial charge in [-0.2, -0.15) is 0 Å². The van der Waals surface area contributed by atoms with E-state index in [0.717, 1.165) is 82.8 Å². The van der Waals surface area contributed by atoms with Crippen LogP contribution in [0.5, 0.6) is 0 Å². The van der Waals surface area contributed by atoms with Crippen molar-refractivity contribution in [2.75, 3.05) is 0 Å². The number of hydrogen-bond donors (Lipinski definition) is 0. The maximum atomic E-state index is 9.07. The predicted octanol–water partition coefficient (Wildman–Crippen LogP) is 14.8. The maximum Gasteiger partial charge on any atom is 0.160 e. The molecule has 0 saturated heterocycles. The van der Waals surface area contributed by atoms with Gasteiger partial charge in [0.15, 0.2) is 5.82 Å². The summed E-state index contributed by atoms with van der Waals surface area (Å²) >= 11 is 0. The van der Waals surface area contributed by atoms with Gasteiger partial charge in [0, 0.05) is 66.1 Å². The summed E-state index contributed by atoms with van der Waals surface area (Å²) < 4.78 is 50.6. The van der Waals surface area contributed by atoms with Crippen LogP contribution in [0.15, 0.2) is 224 Å². The largest absolute Gasteiger partial charge is 0.309 e. The zero-order chi connectivity index (χ0) is 45.8. The lowest BCUT2D eigenvalue weighted by Gasteiger charge is -2.16. The van der Waals surface area contributed by atoms with E-state index in [0.29, 0.717) is 11.4 Å². The molecule has 0 fully saturated rings. The molecule has 5 nitrogen and oxygen atoms in total. The summed E-state index contributed by atoms with van der Waals surface area (Å²) in [4.78, 5) is 10.2. The highest BCUT2D eigenvalue weighted by Crippen LogP contribution is 2.39. The third-order valence-corrected chi connectivity index (χ3v) is 12.3. The van der Waals surface area contributed by atoms with E-state index in [1.54, 1.807) is 0 Å². The van der Waals surface area contributed by atoms with Crippen molar-refractivity contribution < 1.29 is 6.85 Å². The molecule has 0 unspecified atom stereocenters. The summed E-state index contributed by atoms with van der Waals surface area (Å²) in [7, 11) is 0. The van der Waals surface area contributed by atoms with Gasteiger partial charge in [-0.25, -0.2) is 9.97 Å². The van der Waals surface area contributed by atoms with Crippen molar-refractivity contribution in [2.24, 2.45) is 0 Å². The monoisotopic (exact) mass is 808 g/mol. The minimum atomic E-state index is -0.476. The SMILES string of the molecule is [2H]c1c([2H])c([2H])c(-c2nc(-c3ccc(-n4c5ccccc5c5ccccc54)cc3)cc(-c3cc(-n4c5ccccc5c5ccccc54)cc(-n4c5ccccc5c5ccccc54)c3)n2)c([2H])c1[2H]. The summed E-state index contributed by atoms with van der Waals surface area (Å²) in [5.74, 6) is 0.0293. The average Bonchev–Trinajstić information content (AvgIpc) is 4.03. The molecule has 0 aliphatic rings. The van der Waals surface area contributed by atoms with E-state index >= 15 is 0 Å². The number of nitrogens with zero attached hydrogens (tertiary/aromatic N) is 5. The lowest BCUT2D eigenvalue weighted by molar-refractivity contribution is 1.13. The zero-order valence-corrected chi connectivity index (χ0v) is 33.7. The highest BCUT2D eigenvalue weighted by molar-refractivity contribution is 6.11. The number of benzene rings is 9. The molecule has 0 radical (unpaired) electrons. The molecule has 0 atom stereocenters. The Morgan fingerprint density at radius 2 is 0.651 bits per heavy atom. The maximum absolute atomic E-state index is 9.07. The van der Waals surface area contributed by atoms with Crippen molar-refractivity contribution in [1.82, 2.24) is 23.7 Å². The van der Waals surface area contributed by atoms with Crippen molar-refractivity contribution in [3.63, 3.8) is 0 Å². The smallest absolute Gasteiger partial charge is 0.160 e. The molecule has 0 aliphatic carbocycles. The number of fused-ring (bicyclic) bond motifs is 9. The fourth-order valence-electron chi connectivity index (χ4n) is 9.60. The molecular formula is C58H37N5. The first-order valence-electron chi connectivity index (χ1n) is 23.5. The van der Waals surface area contributed by atoms with Crippen LogP contribution in [0.1, 0.15) is 6.85 Å². The van der Waals surface area contributed by atoms with Crippen LogP contribution >= 0.6 is 0 Å². The Hall–Kier alpha value is -8.54. The minimum absolute atomic E-state index is 0.0293. The lowest BCUT2D eigenvalue weighted by Crippen LogP contribution is -2.01. The summed E-state index contributed by atoms with van der Waals surface area (Å²) in [5.41, 5.74) is 11.7. The van der Waals surface area contributed by atoms with Crippen LogP contribution in [0.3, 0.4) is 0 Å².